The van der Waals surface area contributed by atoms with Gasteiger partial charge < -0.3 is 15.1 Å². The van der Waals surface area contributed by atoms with Gasteiger partial charge in [0.2, 0.25) is 0 Å². The Kier molecular flexibility index (Phi) is 5.10. The molecule has 0 radical (unpaired) electrons. The lowest BCUT2D eigenvalue weighted by Gasteiger charge is -2.35. The number of fused-ring (bicyclic) bond motifs is 1. The summed E-state index contributed by atoms with van der Waals surface area (Å²) in [6.07, 6.45) is 6.10. The number of hydrogen-bond donors (Lipinski definition) is 1. The summed E-state index contributed by atoms with van der Waals surface area (Å²) >= 11 is 0. The Balaban J connectivity index is 1.30. The van der Waals surface area contributed by atoms with Crippen LogP contribution in [0.25, 0.3) is 5.65 Å². The van der Waals surface area contributed by atoms with Gasteiger partial charge >= 0.3 is 6.03 Å². The quantitative estimate of drug-likeness (QED) is 0.749. The molecule has 3 aromatic heterocycles. The van der Waals surface area contributed by atoms with Crippen LogP contribution >= 0.6 is 0 Å². The first-order valence-electron chi connectivity index (χ1n) is 9.61. The summed E-state index contributed by atoms with van der Waals surface area (Å²) in [7, 11) is 0. The molecular formula is C20H25N7O. The second-order valence-electron chi connectivity index (χ2n) is 7.22. The molecule has 1 aliphatic heterocycles. The van der Waals surface area contributed by atoms with Gasteiger partial charge in [-0.25, -0.2) is 14.3 Å². The van der Waals surface area contributed by atoms with Crippen LogP contribution in [0.1, 0.15) is 18.2 Å². The molecule has 0 aliphatic carbocycles. The van der Waals surface area contributed by atoms with Crippen molar-refractivity contribution in [1.29, 1.82) is 0 Å². The summed E-state index contributed by atoms with van der Waals surface area (Å²) in [5.74, 6) is 0.907. The normalized spacial score (nSPS) is 15.6. The van der Waals surface area contributed by atoms with Crippen LogP contribution in [0.2, 0.25) is 0 Å². The third-order valence-corrected chi connectivity index (χ3v) is 5.12. The number of nitrogens with zero attached hydrogens (tertiary/aromatic N) is 6. The lowest BCUT2D eigenvalue weighted by molar-refractivity contribution is 0.191. The number of hydrogen-bond acceptors (Lipinski definition) is 5. The molecule has 0 saturated carbocycles. The maximum absolute atomic E-state index is 12.6. The van der Waals surface area contributed by atoms with Crippen molar-refractivity contribution in [1.82, 2.24) is 29.8 Å². The SMILES string of the molecule is Cc1cccnc1C[C@H](C)NC(=O)N1CCN(c2ccc3nccn3n2)CC1. The van der Waals surface area contributed by atoms with Crippen LogP contribution < -0.4 is 10.2 Å². The number of aromatic nitrogens is 4. The maximum Gasteiger partial charge on any atom is 0.317 e. The summed E-state index contributed by atoms with van der Waals surface area (Å²) in [6.45, 7) is 6.93. The van der Waals surface area contributed by atoms with Crippen molar-refractivity contribution in [3.8, 4) is 0 Å². The van der Waals surface area contributed by atoms with Crippen molar-refractivity contribution >= 4 is 17.5 Å². The van der Waals surface area contributed by atoms with Crippen LogP contribution in [0, 0.1) is 6.92 Å². The second-order valence-corrected chi connectivity index (χ2v) is 7.22. The molecule has 28 heavy (non-hydrogen) atoms. The zero-order valence-corrected chi connectivity index (χ0v) is 16.2. The molecule has 146 valence electrons. The maximum atomic E-state index is 12.6. The van der Waals surface area contributed by atoms with E-state index in [1.165, 1.54) is 0 Å². The van der Waals surface area contributed by atoms with Gasteiger partial charge in [0.15, 0.2) is 5.65 Å². The van der Waals surface area contributed by atoms with Crippen molar-refractivity contribution in [3.05, 3.63) is 54.1 Å². The average Bonchev–Trinajstić information content (AvgIpc) is 3.17. The number of piperazine rings is 1. The molecule has 2 amide bonds. The highest BCUT2D eigenvalue weighted by Gasteiger charge is 2.23. The van der Waals surface area contributed by atoms with E-state index in [0.29, 0.717) is 13.1 Å². The van der Waals surface area contributed by atoms with E-state index in [1.807, 2.05) is 49.2 Å². The van der Waals surface area contributed by atoms with Crippen LogP contribution in [0.15, 0.2) is 42.9 Å². The second kappa shape index (κ2) is 7.84. The van der Waals surface area contributed by atoms with E-state index in [-0.39, 0.29) is 12.1 Å². The third-order valence-electron chi connectivity index (χ3n) is 5.12. The Hall–Kier alpha value is -3.16. The van der Waals surface area contributed by atoms with Crippen molar-refractivity contribution in [3.63, 3.8) is 0 Å². The number of imidazole rings is 1. The van der Waals surface area contributed by atoms with Gasteiger partial charge in [-0.1, -0.05) is 6.07 Å². The first-order valence-corrected chi connectivity index (χ1v) is 9.61. The molecule has 1 atom stereocenters. The Morgan fingerprint density at radius 3 is 2.75 bits per heavy atom. The van der Waals surface area contributed by atoms with Crippen molar-refractivity contribution in [2.24, 2.45) is 0 Å². The smallest absolute Gasteiger partial charge is 0.317 e. The minimum absolute atomic E-state index is 0.0150. The van der Waals surface area contributed by atoms with E-state index in [1.54, 1.807) is 16.9 Å². The number of anilines is 1. The van der Waals surface area contributed by atoms with Crippen LogP contribution in [-0.2, 0) is 6.42 Å². The zero-order chi connectivity index (χ0) is 19.5. The third kappa shape index (κ3) is 3.90. The number of pyridine rings is 1. The summed E-state index contributed by atoms with van der Waals surface area (Å²) < 4.78 is 1.77. The van der Waals surface area contributed by atoms with Gasteiger partial charge in [0.25, 0.3) is 0 Å². The highest BCUT2D eigenvalue weighted by Crippen LogP contribution is 2.14. The lowest BCUT2D eigenvalue weighted by atomic mass is 10.1. The molecule has 4 rings (SSSR count). The van der Waals surface area contributed by atoms with Gasteiger partial charge in [0.05, 0.1) is 0 Å². The van der Waals surface area contributed by atoms with Gasteiger partial charge in [0, 0.05) is 62.9 Å². The Morgan fingerprint density at radius 1 is 1.14 bits per heavy atom. The van der Waals surface area contributed by atoms with E-state index in [2.05, 4.69) is 25.3 Å². The Morgan fingerprint density at radius 2 is 1.96 bits per heavy atom. The fourth-order valence-corrected chi connectivity index (χ4v) is 3.49. The van der Waals surface area contributed by atoms with Gasteiger partial charge in [0.1, 0.15) is 5.82 Å². The molecule has 8 nitrogen and oxygen atoms in total. The van der Waals surface area contributed by atoms with Crippen LogP contribution in [-0.4, -0.2) is 62.7 Å². The molecular weight excluding hydrogens is 354 g/mol. The fraction of sp³-hybridized carbons (Fsp3) is 0.400. The number of carbonyl (C=O) groups is 1. The molecule has 0 bridgehead atoms. The molecule has 1 fully saturated rings. The van der Waals surface area contributed by atoms with Crippen molar-refractivity contribution in [2.75, 3.05) is 31.1 Å². The zero-order valence-electron chi connectivity index (χ0n) is 16.2. The molecule has 0 spiro atoms. The minimum Gasteiger partial charge on any atom is -0.352 e. The van der Waals surface area contributed by atoms with E-state index in [0.717, 1.165) is 42.2 Å². The van der Waals surface area contributed by atoms with Crippen molar-refractivity contribution in [2.45, 2.75) is 26.3 Å². The molecule has 0 aromatic carbocycles. The Bertz CT molecular complexity index is 962. The Labute approximate surface area is 164 Å². The van der Waals surface area contributed by atoms with E-state index < -0.39 is 0 Å². The molecule has 3 aromatic rings. The first-order chi connectivity index (χ1) is 13.6. The minimum atomic E-state index is -0.0150. The van der Waals surface area contributed by atoms with Crippen LogP contribution in [0.5, 0.6) is 0 Å². The topological polar surface area (TPSA) is 78.7 Å². The summed E-state index contributed by atoms with van der Waals surface area (Å²) in [6, 6.07) is 7.94. The first kappa shape index (κ1) is 18.2. The predicted molar refractivity (Wildman–Crippen MR) is 107 cm³/mol. The lowest BCUT2D eigenvalue weighted by Crippen LogP contribution is -2.53. The molecule has 4 heterocycles. The molecule has 1 saturated heterocycles. The fourth-order valence-electron chi connectivity index (χ4n) is 3.49. The molecule has 0 unspecified atom stereocenters. The molecule has 1 aliphatic rings. The van der Waals surface area contributed by atoms with Crippen LogP contribution in [0.3, 0.4) is 0 Å². The molecule has 8 heteroatoms. The number of urea groups is 1. The van der Waals surface area contributed by atoms with Crippen LogP contribution in [0.4, 0.5) is 10.6 Å². The van der Waals surface area contributed by atoms with E-state index >= 15 is 0 Å². The van der Waals surface area contributed by atoms with Gasteiger partial charge in [-0.3, -0.25) is 4.98 Å². The largest absolute Gasteiger partial charge is 0.352 e. The summed E-state index contributed by atoms with van der Waals surface area (Å²) in [4.78, 5) is 25.3. The number of nitrogens with one attached hydrogen (secondary N) is 1. The number of amides is 2. The van der Waals surface area contributed by atoms with E-state index in [4.69, 9.17) is 0 Å². The standard InChI is InChI=1S/C20H25N7O/c1-15-4-3-7-21-17(15)14-16(2)23-20(28)26-12-10-25(11-13-26)19-6-5-18-22-8-9-27(18)24-19/h3-9,16H,10-14H2,1-2H3,(H,23,28)/t16-/m0/s1. The highest BCUT2D eigenvalue weighted by atomic mass is 16.2. The summed E-state index contributed by atoms with van der Waals surface area (Å²) in [5, 5.41) is 7.69. The average molecular weight is 379 g/mol. The van der Waals surface area contributed by atoms with Gasteiger partial charge in [-0.15, -0.1) is 5.10 Å². The monoisotopic (exact) mass is 379 g/mol. The van der Waals surface area contributed by atoms with Gasteiger partial charge in [-0.2, -0.15) is 0 Å². The van der Waals surface area contributed by atoms with Crippen molar-refractivity contribution < 1.29 is 4.79 Å². The van der Waals surface area contributed by atoms with Gasteiger partial charge in [-0.05, 0) is 37.6 Å². The van der Waals surface area contributed by atoms with E-state index in [9.17, 15) is 4.79 Å². The number of rotatable bonds is 4. The number of carbonyl (C=O) groups excluding carboxylic acids is 1. The highest BCUT2D eigenvalue weighted by molar-refractivity contribution is 5.75. The number of aryl methyl sites for hydroxylation is 1. The summed E-state index contributed by atoms with van der Waals surface area (Å²) in [5.41, 5.74) is 3.01. The molecule has 1 N–H and O–H groups in total. The predicted octanol–water partition coefficient (Wildman–Crippen LogP) is 1.90.